The summed E-state index contributed by atoms with van der Waals surface area (Å²) in [5, 5.41) is 8.92. The van der Waals surface area contributed by atoms with E-state index in [9.17, 15) is 4.79 Å². The molecular weight excluding hydrogens is 379 g/mol. The number of halogens is 1. The molecular formula is C16H17IN2O2. The fourth-order valence-corrected chi connectivity index (χ4v) is 2.46. The van der Waals surface area contributed by atoms with Crippen LogP contribution >= 0.6 is 22.6 Å². The summed E-state index contributed by atoms with van der Waals surface area (Å²) in [6.07, 6.45) is 0.0820. The topological polar surface area (TPSA) is 66.6 Å². The molecule has 21 heavy (non-hydrogen) atoms. The quantitative estimate of drug-likeness (QED) is 0.581. The van der Waals surface area contributed by atoms with Crippen LogP contribution in [-0.2, 0) is 11.3 Å². The molecule has 0 aromatic heterocycles. The van der Waals surface area contributed by atoms with Gasteiger partial charge in [-0.05, 0) is 52.4 Å². The minimum Gasteiger partial charge on any atom is -0.481 e. The van der Waals surface area contributed by atoms with Crippen molar-refractivity contribution in [2.75, 3.05) is 17.2 Å². The number of hydrogen-bond acceptors (Lipinski definition) is 3. The third-order valence-electron chi connectivity index (χ3n) is 3.16. The summed E-state index contributed by atoms with van der Waals surface area (Å²) in [4.78, 5) is 12.9. The van der Waals surface area contributed by atoms with Crippen LogP contribution in [0.5, 0.6) is 0 Å². The first kappa shape index (κ1) is 15.6. The smallest absolute Gasteiger partial charge is 0.305 e. The van der Waals surface area contributed by atoms with E-state index in [2.05, 4.69) is 34.7 Å². The fraction of sp³-hybridized carbons (Fsp3) is 0.188. The zero-order valence-corrected chi connectivity index (χ0v) is 13.7. The van der Waals surface area contributed by atoms with E-state index in [0.717, 1.165) is 11.3 Å². The third-order valence-corrected chi connectivity index (χ3v) is 3.88. The number of nitrogens with two attached hydrogens (primary N) is 1. The van der Waals surface area contributed by atoms with E-state index >= 15 is 0 Å². The van der Waals surface area contributed by atoms with E-state index in [1.165, 1.54) is 3.57 Å². The Balaban J connectivity index is 2.21. The van der Waals surface area contributed by atoms with Crippen molar-refractivity contribution < 1.29 is 9.90 Å². The standard InChI is InChI=1S/C16H17IN2O2/c17-13-7-5-12(6-8-13)11-19(10-9-16(20)21)15-4-2-1-3-14(15)18/h1-8H,9-11,18H2,(H,20,21). The van der Waals surface area contributed by atoms with E-state index in [0.29, 0.717) is 18.8 Å². The highest BCUT2D eigenvalue weighted by Crippen LogP contribution is 2.24. The van der Waals surface area contributed by atoms with Gasteiger partial charge in [-0.2, -0.15) is 0 Å². The van der Waals surface area contributed by atoms with Gasteiger partial charge in [-0.1, -0.05) is 24.3 Å². The number of carbonyl (C=O) groups is 1. The van der Waals surface area contributed by atoms with E-state index in [4.69, 9.17) is 10.8 Å². The molecule has 2 rings (SSSR count). The first-order valence-electron chi connectivity index (χ1n) is 6.62. The largest absolute Gasteiger partial charge is 0.481 e. The van der Waals surface area contributed by atoms with Crippen LogP contribution in [0.15, 0.2) is 48.5 Å². The SMILES string of the molecule is Nc1ccccc1N(CCC(=O)O)Cc1ccc(I)cc1. The molecule has 0 radical (unpaired) electrons. The Kier molecular flexibility index (Phi) is 5.44. The van der Waals surface area contributed by atoms with Crippen molar-refractivity contribution in [2.24, 2.45) is 0 Å². The molecule has 0 aliphatic heterocycles. The zero-order valence-electron chi connectivity index (χ0n) is 11.5. The van der Waals surface area contributed by atoms with E-state index in [-0.39, 0.29) is 6.42 Å². The summed E-state index contributed by atoms with van der Waals surface area (Å²) in [5.41, 5.74) is 8.68. The van der Waals surface area contributed by atoms with Crippen molar-refractivity contribution in [1.82, 2.24) is 0 Å². The lowest BCUT2D eigenvalue weighted by Crippen LogP contribution is -2.26. The van der Waals surface area contributed by atoms with Crippen LogP contribution in [0.3, 0.4) is 0 Å². The Morgan fingerprint density at radius 1 is 1.14 bits per heavy atom. The summed E-state index contributed by atoms with van der Waals surface area (Å²) in [5.74, 6) is -0.808. The molecule has 0 amide bonds. The number of anilines is 2. The summed E-state index contributed by atoms with van der Waals surface area (Å²) in [7, 11) is 0. The lowest BCUT2D eigenvalue weighted by atomic mass is 10.1. The van der Waals surface area contributed by atoms with Crippen LogP contribution in [0.1, 0.15) is 12.0 Å². The Hall–Kier alpha value is -1.76. The van der Waals surface area contributed by atoms with Crippen molar-refractivity contribution in [2.45, 2.75) is 13.0 Å². The number of benzene rings is 2. The fourth-order valence-electron chi connectivity index (χ4n) is 2.10. The second-order valence-electron chi connectivity index (χ2n) is 4.75. The van der Waals surface area contributed by atoms with Crippen LogP contribution < -0.4 is 10.6 Å². The number of nitrogens with zero attached hydrogens (tertiary/aromatic N) is 1. The minimum absolute atomic E-state index is 0.0820. The Morgan fingerprint density at radius 2 is 1.81 bits per heavy atom. The van der Waals surface area contributed by atoms with Crippen molar-refractivity contribution in [3.8, 4) is 0 Å². The number of aliphatic carboxylic acids is 1. The lowest BCUT2D eigenvalue weighted by molar-refractivity contribution is -0.136. The average Bonchev–Trinajstić information content (AvgIpc) is 2.46. The van der Waals surface area contributed by atoms with E-state index < -0.39 is 5.97 Å². The molecule has 0 heterocycles. The maximum absolute atomic E-state index is 10.9. The van der Waals surface area contributed by atoms with Crippen molar-refractivity contribution in [3.63, 3.8) is 0 Å². The van der Waals surface area contributed by atoms with Gasteiger partial charge in [-0.25, -0.2) is 0 Å². The molecule has 0 aliphatic rings. The van der Waals surface area contributed by atoms with E-state index in [1.807, 2.05) is 41.3 Å². The maximum Gasteiger partial charge on any atom is 0.305 e. The first-order chi connectivity index (χ1) is 10.1. The number of carboxylic acids is 1. The molecule has 0 fully saturated rings. The molecule has 0 saturated carbocycles. The number of carboxylic acid groups (broad SMARTS) is 1. The van der Waals surface area contributed by atoms with Gasteiger partial charge >= 0.3 is 5.97 Å². The molecule has 0 spiro atoms. The molecule has 0 unspecified atom stereocenters. The molecule has 5 heteroatoms. The first-order valence-corrected chi connectivity index (χ1v) is 7.70. The van der Waals surface area contributed by atoms with E-state index in [1.54, 1.807) is 0 Å². The van der Waals surface area contributed by atoms with Gasteiger partial charge in [0.05, 0.1) is 17.8 Å². The second kappa shape index (κ2) is 7.31. The molecule has 0 aliphatic carbocycles. The van der Waals surface area contributed by atoms with Crippen molar-refractivity contribution in [1.29, 1.82) is 0 Å². The predicted octanol–water partition coefficient (Wildman–Crippen LogP) is 3.35. The molecule has 2 aromatic carbocycles. The minimum atomic E-state index is -0.808. The summed E-state index contributed by atoms with van der Waals surface area (Å²) in [6, 6.07) is 15.7. The van der Waals surface area contributed by atoms with Crippen LogP contribution in [0.25, 0.3) is 0 Å². The van der Waals surface area contributed by atoms with Gasteiger partial charge in [0.1, 0.15) is 0 Å². The van der Waals surface area contributed by atoms with Gasteiger partial charge in [0, 0.05) is 16.7 Å². The Morgan fingerprint density at radius 3 is 2.43 bits per heavy atom. The zero-order chi connectivity index (χ0) is 15.2. The highest BCUT2D eigenvalue weighted by Gasteiger charge is 2.12. The van der Waals surface area contributed by atoms with Gasteiger partial charge in [-0.3, -0.25) is 4.79 Å². The van der Waals surface area contributed by atoms with Crippen LogP contribution in [0, 0.1) is 3.57 Å². The average molecular weight is 396 g/mol. The summed E-state index contributed by atoms with van der Waals surface area (Å²) < 4.78 is 1.17. The monoisotopic (exact) mass is 396 g/mol. The Bertz CT molecular complexity index is 614. The van der Waals surface area contributed by atoms with Gasteiger partial charge in [0.2, 0.25) is 0 Å². The second-order valence-corrected chi connectivity index (χ2v) is 6.00. The summed E-state index contributed by atoms with van der Waals surface area (Å²) >= 11 is 2.26. The van der Waals surface area contributed by atoms with Crippen LogP contribution in [0.2, 0.25) is 0 Å². The molecule has 110 valence electrons. The van der Waals surface area contributed by atoms with Crippen LogP contribution in [0.4, 0.5) is 11.4 Å². The summed E-state index contributed by atoms with van der Waals surface area (Å²) in [6.45, 7) is 1.06. The van der Waals surface area contributed by atoms with Gasteiger partial charge in [0.15, 0.2) is 0 Å². The number of nitrogen functional groups attached to an aromatic ring is 1. The third kappa shape index (κ3) is 4.63. The van der Waals surface area contributed by atoms with Gasteiger partial charge in [-0.15, -0.1) is 0 Å². The predicted molar refractivity (Wildman–Crippen MR) is 93.3 cm³/mol. The molecule has 3 N–H and O–H groups in total. The van der Waals surface area contributed by atoms with Gasteiger partial charge < -0.3 is 15.7 Å². The normalized spacial score (nSPS) is 10.3. The highest BCUT2D eigenvalue weighted by atomic mass is 127. The van der Waals surface area contributed by atoms with Crippen molar-refractivity contribution >= 4 is 39.9 Å². The highest BCUT2D eigenvalue weighted by molar-refractivity contribution is 14.1. The number of para-hydroxylation sites is 2. The number of rotatable bonds is 6. The molecule has 0 atom stereocenters. The van der Waals surface area contributed by atoms with Gasteiger partial charge in [0.25, 0.3) is 0 Å². The molecule has 0 bridgehead atoms. The molecule has 0 saturated heterocycles. The van der Waals surface area contributed by atoms with Crippen LogP contribution in [-0.4, -0.2) is 17.6 Å². The molecule has 4 nitrogen and oxygen atoms in total. The molecule has 2 aromatic rings. The number of hydrogen-bond donors (Lipinski definition) is 2. The Labute approximate surface area is 137 Å². The maximum atomic E-state index is 10.9. The lowest BCUT2D eigenvalue weighted by Gasteiger charge is -2.25. The van der Waals surface area contributed by atoms with Crippen molar-refractivity contribution in [3.05, 3.63) is 57.7 Å².